The zero-order valence-corrected chi connectivity index (χ0v) is 11.8. The molecule has 1 aliphatic carbocycles. The Labute approximate surface area is 116 Å². The fraction of sp³-hybridized carbons (Fsp3) is 0.750. The third-order valence-electron chi connectivity index (χ3n) is 3.48. The molecule has 0 spiro atoms. The maximum absolute atomic E-state index is 12.0. The lowest BCUT2D eigenvalue weighted by molar-refractivity contribution is -0.124. The van der Waals surface area contributed by atoms with Crippen LogP contribution in [-0.4, -0.2) is 41.5 Å². The highest BCUT2D eigenvalue weighted by atomic mass is 32.1. The summed E-state index contributed by atoms with van der Waals surface area (Å²) in [5.74, 6) is 1.01. The van der Waals surface area contributed by atoms with Gasteiger partial charge in [0.25, 0.3) is 0 Å². The predicted molar refractivity (Wildman–Crippen MR) is 72.1 cm³/mol. The number of methoxy groups -OCH3 is 1. The quantitative estimate of drug-likeness (QED) is 0.865. The lowest BCUT2D eigenvalue weighted by Crippen LogP contribution is -2.34. The van der Waals surface area contributed by atoms with Crippen LogP contribution in [0.2, 0.25) is 0 Å². The summed E-state index contributed by atoms with van der Waals surface area (Å²) in [6.45, 7) is 2.07. The number of rotatable bonds is 5. The molecular formula is C12H18N4O2S. The molecule has 19 heavy (non-hydrogen) atoms. The van der Waals surface area contributed by atoms with Gasteiger partial charge < -0.3 is 15.0 Å². The molecule has 2 heterocycles. The second kappa shape index (κ2) is 5.42. The lowest BCUT2D eigenvalue weighted by Gasteiger charge is -2.14. The maximum Gasteiger partial charge on any atom is 0.225 e. The van der Waals surface area contributed by atoms with Crippen molar-refractivity contribution in [1.29, 1.82) is 0 Å². The monoisotopic (exact) mass is 282 g/mol. The van der Waals surface area contributed by atoms with Gasteiger partial charge in [-0.3, -0.25) is 4.79 Å². The molecule has 1 aromatic rings. The van der Waals surface area contributed by atoms with Gasteiger partial charge in [-0.25, -0.2) is 4.98 Å². The summed E-state index contributed by atoms with van der Waals surface area (Å²) in [6, 6.07) is 0.441. The van der Waals surface area contributed by atoms with E-state index in [4.69, 9.17) is 4.74 Å². The van der Waals surface area contributed by atoms with E-state index in [0.717, 1.165) is 37.5 Å². The summed E-state index contributed by atoms with van der Waals surface area (Å²) >= 11 is 1.38. The van der Waals surface area contributed by atoms with E-state index < -0.39 is 0 Å². The second-order valence-corrected chi connectivity index (χ2v) is 5.87. The summed E-state index contributed by atoms with van der Waals surface area (Å²) < 4.78 is 9.26. The average molecular weight is 282 g/mol. The minimum absolute atomic E-state index is 0.0929. The number of hydrogen-bond acceptors (Lipinski definition) is 6. The van der Waals surface area contributed by atoms with Crippen molar-refractivity contribution >= 4 is 22.6 Å². The molecule has 2 fully saturated rings. The number of amides is 1. The van der Waals surface area contributed by atoms with Gasteiger partial charge in [-0.1, -0.05) is 0 Å². The molecule has 1 saturated heterocycles. The van der Waals surface area contributed by atoms with Gasteiger partial charge in [0.05, 0.1) is 5.92 Å². The minimum atomic E-state index is 0.0929. The lowest BCUT2D eigenvalue weighted by atomic mass is 10.1. The standard InChI is InChI=1S/C12H18N4O2S/c1-18-7-10-14-12(19-15-10)16-5-4-8(6-16)11(17)13-9-2-3-9/h8-9H,2-7H2,1H3,(H,13,17). The first kappa shape index (κ1) is 12.8. The Morgan fingerprint density at radius 1 is 1.53 bits per heavy atom. The normalized spacial score (nSPS) is 22.8. The number of carbonyl (C=O) groups excluding carboxylic acids is 1. The van der Waals surface area contributed by atoms with Gasteiger partial charge in [0, 0.05) is 37.8 Å². The highest BCUT2D eigenvalue weighted by Gasteiger charge is 2.33. The third kappa shape index (κ3) is 3.03. The van der Waals surface area contributed by atoms with Crippen LogP contribution >= 0.6 is 11.5 Å². The molecule has 0 aromatic carbocycles. The van der Waals surface area contributed by atoms with Crippen molar-refractivity contribution in [3.05, 3.63) is 5.82 Å². The topological polar surface area (TPSA) is 67.3 Å². The molecule has 3 rings (SSSR count). The molecule has 1 amide bonds. The summed E-state index contributed by atoms with van der Waals surface area (Å²) in [5.41, 5.74) is 0. The van der Waals surface area contributed by atoms with Gasteiger partial charge in [0.2, 0.25) is 11.0 Å². The van der Waals surface area contributed by atoms with Crippen LogP contribution in [0.5, 0.6) is 0 Å². The van der Waals surface area contributed by atoms with Crippen molar-refractivity contribution in [2.45, 2.75) is 31.9 Å². The van der Waals surface area contributed by atoms with E-state index in [2.05, 4.69) is 19.6 Å². The summed E-state index contributed by atoms with van der Waals surface area (Å²) in [7, 11) is 1.63. The first-order valence-electron chi connectivity index (χ1n) is 6.63. The van der Waals surface area contributed by atoms with Crippen molar-refractivity contribution in [3.8, 4) is 0 Å². The molecule has 1 atom stereocenters. The minimum Gasteiger partial charge on any atom is -0.377 e. The van der Waals surface area contributed by atoms with E-state index in [0.29, 0.717) is 18.5 Å². The summed E-state index contributed by atoms with van der Waals surface area (Å²) in [6.07, 6.45) is 3.18. The zero-order valence-electron chi connectivity index (χ0n) is 11.0. The number of nitrogens with zero attached hydrogens (tertiary/aromatic N) is 3. The van der Waals surface area contributed by atoms with Crippen molar-refractivity contribution in [3.63, 3.8) is 0 Å². The molecule has 104 valence electrons. The van der Waals surface area contributed by atoms with Crippen LogP contribution in [0.4, 0.5) is 5.13 Å². The summed E-state index contributed by atoms with van der Waals surface area (Å²) in [4.78, 5) is 18.6. The van der Waals surface area contributed by atoms with Crippen LogP contribution < -0.4 is 10.2 Å². The number of hydrogen-bond donors (Lipinski definition) is 1. The molecule has 1 saturated carbocycles. The molecular weight excluding hydrogens is 264 g/mol. The zero-order chi connectivity index (χ0) is 13.2. The second-order valence-electron chi connectivity index (χ2n) is 5.14. The van der Waals surface area contributed by atoms with Gasteiger partial charge in [-0.2, -0.15) is 4.37 Å². The molecule has 1 aromatic heterocycles. The Kier molecular flexibility index (Phi) is 3.65. The van der Waals surface area contributed by atoms with E-state index in [1.807, 2.05) is 0 Å². The van der Waals surface area contributed by atoms with Gasteiger partial charge >= 0.3 is 0 Å². The fourth-order valence-electron chi connectivity index (χ4n) is 2.26. The number of anilines is 1. The Morgan fingerprint density at radius 2 is 2.37 bits per heavy atom. The molecule has 1 unspecified atom stereocenters. The van der Waals surface area contributed by atoms with Crippen molar-refractivity contribution in [2.24, 2.45) is 5.92 Å². The largest absolute Gasteiger partial charge is 0.377 e. The van der Waals surface area contributed by atoms with Gasteiger partial charge in [0.15, 0.2) is 5.82 Å². The van der Waals surface area contributed by atoms with Crippen LogP contribution in [0.1, 0.15) is 25.1 Å². The van der Waals surface area contributed by atoms with Crippen LogP contribution in [-0.2, 0) is 16.1 Å². The Morgan fingerprint density at radius 3 is 3.11 bits per heavy atom. The van der Waals surface area contributed by atoms with Crippen molar-refractivity contribution < 1.29 is 9.53 Å². The van der Waals surface area contributed by atoms with Crippen LogP contribution in [0, 0.1) is 5.92 Å². The van der Waals surface area contributed by atoms with Gasteiger partial charge in [-0.05, 0) is 19.3 Å². The van der Waals surface area contributed by atoms with Crippen molar-refractivity contribution in [2.75, 3.05) is 25.1 Å². The number of aromatic nitrogens is 2. The molecule has 0 bridgehead atoms. The molecule has 1 aliphatic heterocycles. The fourth-order valence-corrected chi connectivity index (χ4v) is 2.96. The number of ether oxygens (including phenoxy) is 1. The maximum atomic E-state index is 12.0. The van der Waals surface area contributed by atoms with E-state index >= 15 is 0 Å². The van der Waals surface area contributed by atoms with Crippen LogP contribution in [0.3, 0.4) is 0 Å². The highest BCUT2D eigenvalue weighted by molar-refractivity contribution is 7.09. The Bertz CT molecular complexity index is 460. The van der Waals surface area contributed by atoms with E-state index in [9.17, 15) is 4.79 Å². The molecule has 0 radical (unpaired) electrons. The third-order valence-corrected chi connectivity index (χ3v) is 4.30. The molecule has 2 aliphatic rings. The average Bonchev–Trinajstić information content (AvgIpc) is 2.93. The molecule has 6 nitrogen and oxygen atoms in total. The smallest absolute Gasteiger partial charge is 0.225 e. The number of nitrogens with one attached hydrogen (secondary N) is 1. The van der Waals surface area contributed by atoms with Crippen LogP contribution in [0.25, 0.3) is 0 Å². The predicted octanol–water partition coefficient (Wildman–Crippen LogP) is 0.789. The first-order valence-corrected chi connectivity index (χ1v) is 7.40. The van der Waals surface area contributed by atoms with Crippen LogP contribution in [0.15, 0.2) is 0 Å². The Balaban J connectivity index is 1.56. The SMILES string of the molecule is COCc1nsc(N2CCC(C(=O)NC3CC3)C2)n1. The van der Waals surface area contributed by atoms with Gasteiger partial charge in [-0.15, -0.1) is 0 Å². The van der Waals surface area contributed by atoms with E-state index in [1.165, 1.54) is 11.5 Å². The number of carbonyl (C=O) groups is 1. The van der Waals surface area contributed by atoms with E-state index in [-0.39, 0.29) is 11.8 Å². The first-order chi connectivity index (χ1) is 9.26. The van der Waals surface area contributed by atoms with Gasteiger partial charge in [0.1, 0.15) is 6.61 Å². The Hall–Kier alpha value is -1.21. The molecule has 1 N–H and O–H groups in total. The van der Waals surface area contributed by atoms with E-state index in [1.54, 1.807) is 7.11 Å². The summed E-state index contributed by atoms with van der Waals surface area (Å²) in [5, 5.41) is 3.97. The molecule has 7 heteroatoms. The highest BCUT2D eigenvalue weighted by Crippen LogP contribution is 2.27. The van der Waals surface area contributed by atoms with Crippen molar-refractivity contribution in [1.82, 2.24) is 14.7 Å².